The molecule has 4 N–H and O–H groups in total. The number of nitrogen functional groups attached to an aromatic ring is 1. The Bertz CT molecular complexity index is 815. The molecule has 2 heterocycles. The van der Waals surface area contributed by atoms with Gasteiger partial charge in [-0.15, -0.1) is 23.5 Å². The lowest BCUT2D eigenvalue weighted by Gasteiger charge is -2.15. The molecule has 9 heteroatoms. The number of aryl methyl sites for hydroxylation is 1. The highest BCUT2D eigenvalue weighted by Gasteiger charge is 2.05. The molecule has 0 spiro atoms. The number of rotatable bonds is 12. The third-order valence-electron chi connectivity index (χ3n) is 4.63. The summed E-state index contributed by atoms with van der Waals surface area (Å²) in [5.41, 5.74) is 9.13. The normalized spacial score (nSPS) is 13.8. The molecule has 0 bridgehead atoms. The van der Waals surface area contributed by atoms with Crippen LogP contribution in [0.5, 0.6) is 0 Å². The number of pyridine rings is 1. The first-order valence-electron chi connectivity index (χ1n) is 11.4. The topological polar surface area (TPSA) is 100 Å². The molecule has 0 saturated carbocycles. The van der Waals surface area contributed by atoms with Crippen molar-refractivity contribution in [2.24, 2.45) is 15.0 Å². The van der Waals surface area contributed by atoms with E-state index in [1.807, 2.05) is 29.9 Å². The highest BCUT2D eigenvalue weighted by atomic mass is 32.2. The second kappa shape index (κ2) is 18.2. The Morgan fingerprint density at radius 3 is 2.36 bits per heavy atom. The number of hydrogen-bond acceptors (Lipinski definition) is 9. The largest absolute Gasteiger partial charge is 0.384 e. The zero-order valence-electron chi connectivity index (χ0n) is 20.3. The first-order valence-corrected chi connectivity index (χ1v) is 13.5. The highest BCUT2D eigenvalue weighted by molar-refractivity contribution is 8.02. The Kier molecular flexibility index (Phi) is 15.9. The van der Waals surface area contributed by atoms with Gasteiger partial charge in [0, 0.05) is 29.9 Å². The maximum atomic E-state index is 5.69. The fourth-order valence-corrected chi connectivity index (χ4v) is 4.29. The molecule has 1 aromatic rings. The van der Waals surface area contributed by atoms with Gasteiger partial charge in [0.2, 0.25) is 0 Å². The predicted molar refractivity (Wildman–Crippen MR) is 150 cm³/mol. The number of unbranched alkanes of at least 4 members (excludes halogenated alkanes) is 3. The van der Waals surface area contributed by atoms with Crippen LogP contribution in [0.4, 0.5) is 5.82 Å². The second-order valence-corrected chi connectivity index (χ2v) is 9.04. The first kappa shape index (κ1) is 28.8. The number of aromatic nitrogens is 1. The summed E-state index contributed by atoms with van der Waals surface area (Å²) >= 11 is 3.17. The molecule has 0 unspecified atom stereocenters. The van der Waals surface area contributed by atoms with Crippen LogP contribution in [0.15, 0.2) is 49.3 Å². The van der Waals surface area contributed by atoms with Crippen LogP contribution in [-0.2, 0) is 5.75 Å². The fraction of sp³-hybridized carbons (Fsp3) is 0.500. The van der Waals surface area contributed by atoms with Crippen LogP contribution in [0.1, 0.15) is 57.2 Å². The van der Waals surface area contributed by atoms with Crippen LogP contribution in [0, 0.1) is 6.92 Å². The van der Waals surface area contributed by atoms with E-state index in [1.165, 1.54) is 25.7 Å². The molecule has 1 aliphatic heterocycles. The summed E-state index contributed by atoms with van der Waals surface area (Å²) in [4.78, 5) is 16.8. The molecular formula is C24H39N7S2. The molecule has 0 aliphatic carbocycles. The minimum Gasteiger partial charge on any atom is -0.384 e. The Labute approximate surface area is 208 Å². The van der Waals surface area contributed by atoms with Crippen LogP contribution in [0.25, 0.3) is 0 Å². The smallest absolute Gasteiger partial charge is 0.191 e. The van der Waals surface area contributed by atoms with Crippen LogP contribution in [0.2, 0.25) is 0 Å². The second-order valence-electron chi connectivity index (χ2n) is 7.32. The summed E-state index contributed by atoms with van der Waals surface area (Å²) in [5, 5.41) is 10.3. The number of guanidine groups is 1. The van der Waals surface area contributed by atoms with E-state index in [0.717, 1.165) is 42.5 Å². The van der Waals surface area contributed by atoms with E-state index in [-0.39, 0.29) is 0 Å². The number of nitrogens with one attached hydrogen (secondary N) is 2. The van der Waals surface area contributed by atoms with Gasteiger partial charge in [0.25, 0.3) is 0 Å². The van der Waals surface area contributed by atoms with Gasteiger partial charge in [0.1, 0.15) is 5.82 Å². The van der Waals surface area contributed by atoms with Crippen molar-refractivity contribution in [1.29, 1.82) is 0 Å². The minimum atomic E-state index is 0.534. The van der Waals surface area contributed by atoms with Gasteiger partial charge in [-0.3, -0.25) is 15.0 Å². The van der Waals surface area contributed by atoms with Crippen molar-refractivity contribution < 1.29 is 0 Å². The fourth-order valence-electron chi connectivity index (χ4n) is 2.71. The van der Waals surface area contributed by atoms with Crippen LogP contribution >= 0.6 is 23.5 Å². The monoisotopic (exact) mass is 489 g/mol. The Balaban J connectivity index is 0.000000801. The summed E-state index contributed by atoms with van der Waals surface area (Å²) in [6.07, 6.45) is 6.61. The third kappa shape index (κ3) is 12.5. The Hall–Kier alpha value is -2.26. The molecule has 33 heavy (non-hydrogen) atoms. The molecule has 0 radical (unpaired) electrons. The molecule has 1 aliphatic rings. The number of thioether (sulfide) groups is 2. The lowest BCUT2D eigenvalue weighted by molar-refractivity contribution is 0.702. The summed E-state index contributed by atoms with van der Waals surface area (Å²) < 4.78 is 0. The molecule has 0 atom stereocenters. The van der Waals surface area contributed by atoms with Gasteiger partial charge in [-0.05, 0) is 43.8 Å². The van der Waals surface area contributed by atoms with Crippen molar-refractivity contribution in [1.82, 2.24) is 15.6 Å². The maximum absolute atomic E-state index is 5.69. The third-order valence-corrected chi connectivity index (χ3v) is 6.19. The Morgan fingerprint density at radius 2 is 1.82 bits per heavy atom. The number of hydrogen-bond donors (Lipinski definition) is 3. The molecule has 0 fully saturated rings. The number of nitrogens with two attached hydrogens (primary N) is 1. The van der Waals surface area contributed by atoms with E-state index in [0.29, 0.717) is 23.1 Å². The molecule has 0 aromatic carbocycles. The minimum absolute atomic E-state index is 0.534. The number of anilines is 1. The van der Waals surface area contributed by atoms with E-state index in [2.05, 4.69) is 57.9 Å². The standard InChI is InChI=1S/C18H25N7S2.C6H14/c1-13-14(5-6-17(19)25-13)9-26-10-15(20-2)16(21-3)11-27-12-24-18-22-7-4-8-23-18;1-3-5-6-4-2/h5-6,10-11H,2-4,7-9,12H2,1H3,(H2,19,25)(H2,22,23,24);3-6H2,1-2H3/b15-10-,16-11-;. The summed E-state index contributed by atoms with van der Waals surface area (Å²) in [6, 6.07) is 3.80. The first-order chi connectivity index (χ1) is 16.0. The van der Waals surface area contributed by atoms with Crippen LogP contribution in [-0.4, -0.2) is 43.3 Å². The van der Waals surface area contributed by atoms with E-state index >= 15 is 0 Å². The van der Waals surface area contributed by atoms with Gasteiger partial charge in [-0.25, -0.2) is 4.98 Å². The van der Waals surface area contributed by atoms with Crippen LogP contribution in [0.3, 0.4) is 0 Å². The van der Waals surface area contributed by atoms with E-state index in [4.69, 9.17) is 5.73 Å². The summed E-state index contributed by atoms with van der Waals surface area (Å²) in [6.45, 7) is 15.5. The van der Waals surface area contributed by atoms with Gasteiger partial charge in [0.15, 0.2) is 5.96 Å². The van der Waals surface area contributed by atoms with Crippen molar-refractivity contribution >= 4 is 48.7 Å². The predicted octanol–water partition coefficient (Wildman–Crippen LogP) is 5.51. The van der Waals surface area contributed by atoms with E-state index in [9.17, 15) is 0 Å². The van der Waals surface area contributed by atoms with Crippen molar-refractivity contribution in [2.45, 2.75) is 58.6 Å². The van der Waals surface area contributed by atoms with Crippen LogP contribution < -0.4 is 16.4 Å². The lowest BCUT2D eigenvalue weighted by atomic mass is 10.2. The SMILES string of the molecule is C=NC(=C\SCNC1=NCCCN1)/C(=C/SCc1ccc(N)nc1C)N=C.CCCCCC. The van der Waals surface area contributed by atoms with Gasteiger partial charge in [0.05, 0.1) is 17.3 Å². The van der Waals surface area contributed by atoms with Crippen molar-refractivity contribution in [3.63, 3.8) is 0 Å². The molecule has 2 rings (SSSR count). The summed E-state index contributed by atoms with van der Waals surface area (Å²) in [7, 11) is 0. The number of aliphatic imine (C=N–C) groups is 3. The number of nitrogens with zero attached hydrogens (tertiary/aromatic N) is 4. The molecule has 182 valence electrons. The lowest BCUT2D eigenvalue weighted by Crippen LogP contribution is -2.40. The molecule has 1 aromatic heterocycles. The van der Waals surface area contributed by atoms with Gasteiger partial charge < -0.3 is 16.4 Å². The average molecular weight is 490 g/mol. The molecule has 0 saturated heterocycles. The zero-order valence-corrected chi connectivity index (χ0v) is 21.9. The maximum Gasteiger partial charge on any atom is 0.191 e. The van der Waals surface area contributed by atoms with Gasteiger partial charge >= 0.3 is 0 Å². The quantitative estimate of drug-likeness (QED) is 0.155. The Morgan fingerprint density at radius 1 is 1.15 bits per heavy atom. The zero-order chi connectivity index (χ0) is 24.3. The highest BCUT2D eigenvalue weighted by Crippen LogP contribution is 2.23. The average Bonchev–Trinajstić information content (AvgIpc) is 2.83. The van der Waals surface area contributed by atoms with Crippen molar-refractivity contribution in [3.05, 3.63) is 45.6 Å². The van der Waals surface area contributed by atoms with Crippen molar-refractivity contribution in [3.8, 4) is 0 Å². The van der Waals surface area contributed by atoms with E-state index in [1.54, 1.807) is 23.5 Å². The molecule has 0 amide bonds. The van der Waals surface area contributed by atoms with Gasteiger partial charge in [-0.2, -0.15) is 0 Å². The molecular weight excluding hydrogens is 450 g/mol. The summed E-state index contributed by atoms with van der Waals surface area (Å²) in [5.74, 6) is 2.82. The van der Waals surface area contributed by atoms with Gasteiger partial charge in [-0.1, -0.05) is 45.6 Å². The van der Waals surface area contributed by atoms with Crippen molar-refractivity contribution in [2.75, 3.05) is 24.7 Å². The van der Waals surface area contributed by atoms with E-state index < -0.39 is 0 Å². The molecule has 7 nitrogen and oxygen atoms in total.